The maximum Gasteiger partial charge on any atom is 0.0149 e. The van der Waals surface area contributed by atoms with Gasteiger partial charge in [-0.25, -0.2) is 0 Å². The lowest BCUT2D eigenvalue weighted by molar-refractivity contribution is 0.711. The molecule has 1 unspecified atom stereocenters. The third-order valence-electron chi connectivity index (χ3n) is 1.27. The zero-order chi connectivity index (χ0) is 6.57. The SMILES string of the molecule is C#CCC(C)C(=C)C. The highest BCUT2D eigenvalue weighted by Gasteiger charge is 1.96. The third kappa shape index (κ3) is 2.47. The van der Waals surface area contributed by atoms with Crippen LogP contribution in [0.3, 0.4) is 0 Å². The normalized spacial score (nSPS) is 12.1. The first-order chi connectivity index (χ1) is 3.68. The molecular weight excluding hydrogens is 96.1 g/mol. The van der Waals surface area contributed by atoms with Gasteiger partial charge in [-0.1, -0.05) is 19.1 Å². The molecule has 0 heterocycles. The second kappa shape index (κ2) is 3.32. The van der Waals surface area contributed by atoms with Gasteiger partial charge in [0.05, 0.1) is 0 Å². The average Bonchev–Trinajstić information content (AvgIpc) is 1.67. The Morgan fingerprint density at radius 1 is 1.88 bits per heavy atom. The van der Waals surface area contributed by atoms with Gasteiger partial charge in [0.15, 0.2) is 0 Å². The minimum Gasteiger partial charge on any atom is -0.120 e. The van der Waals surface area contributed by atoms with Crippen LogP contribution in [0.5, 0.6) is 0 Å². The van der Waals surface area contributed by atoms with Crippen molar-refractivity contribution in [1.29, 1.82) is 0 Å². The van der Waals surface area contributed by atoms with Gasteiger partial charge in [-0.15, -0.1) is 12.3 Å². The summed E-state index contributed by atoms with van der Waals surface area (Å²) in [5.74, 6) is 3.07. The molecule has 0 saturated heterocycles. The van der Waals surface area contributed by atoms with Crippen molar-refractivity contribution in [2.75, 3.05) is 0 Å². The van der Waals surface area contributed by atoms with Gasteiger partial charge in [0.25, 0.3) is 0 Å². The third-order valence-corrected chi connectivity index (χ3v) is 1.27. The van der Waals surface area contributed by atoms with Gasteiger partial charge in [-0.2, -0.15) is 0 Å². The van der Waals surface area contributed by atoms with Crippen LogP contribution in [0, 0.1) is 18.3 Å². The molecular formula is C8H12. The summed E-state index contributed by atoms with van der Waals surface area (Å²) in [6.45, 7) is 7.87. The van der Waals surface area contributed by atoms with Gasteiger partial charge < -0.3 is 0 Å². The van der Waals surface area contributed by atoms with Gasteiger partial charge in [0.1, 0.15) is 0 Å². The Kier molecular flexibility index (Phi) is 3.03. The van der Waals surface area contributed by atoms with Crippen LogP contribution < -0.4 is 0 Å². The molecule has 8 heavy (non-hydrogen) atoms. The van der Waals surface area contributed by atoms with E-state index in [1.807, 2.05) is 6.92 Å². The highest BCUT2D eigenvalue weighted by molar-refractivity contribution is 5.00. The maximum atomic E-state index is 5.08. The summed E-state index contributed by atoms with van der Waals surface area (Å²) in [6, 6.07) is 0. The Labute approximate surface area is 51.6 Å². The van der Waals surface area contributed by atoms with E-state index >= 15 is 0 Å². The molecule has 0 nitrogen and oxygen atoms in total. The molecule has 0 aliphatic carbocycles. The predicted molar refractivity (Wildman–Crippen MR) is 37.4 cm³/mol. The molecule has 0 aromatic carbocycles. The van der Waals surface area contributed by atoms with E-state index in [-0.39, 0.29) is 0 Å². The molecule has 0 aromatic heterocycles. The van der Waals surface area contributed by atoms with E-state index in [0.717, 1.165) is 6.42 Å². The van der Waals surface area contributed by atoms with Crippen molar-refractivity contribution < 1.29 is 0 Å². The Morgan fingerprint density at radius 3 is 2.50 bits per heavy atom. The van der Waals surface area contributed by atoms with E-state index < -0.39 is 0 Å². The fourth-order valence-electron chi connectivity index (χ4n) is 0.351. The highest BCUT2D eigenvalue weighted by Crippen LogP contribution is 2.09. The summed E-state index contributed by atoms with van der Waals surface area (Å²) >= 11 is 0. The second-order valence-electron chi connectivity index (χ2n) is 2.16. The number of terminal acetylenes is 1. The standard InChI is InChI=1S/C8H12/c1-5-6-8(4)7(2)3/h1,8H,2,6H2,3-4H3. The molecule has 0 fully saturated rings. The Hall–Kier alpha value is -0.700. The lowest BCUT2D eigenvalue weighted by Crippen LogP contribution is -1.91. The van der Waals surface area contributed by atoms with Gasteiger partial charge in [0.2, 0.25) is 0 Å². The smallest absolute Gasteiger partial charge is 0.0149 e. The average molecular weight is 108 g/mol. The number of hydrogen-bond donors (Lipinski definition) is 0. The second-order valence-corrected chi connectivity index (χ2v) is 2.16. The van der Waals surface area contributed by atoms with Gasteiger partial charge >= 0.3 is 0 Å². The molecule has 0 aliphatic heterocycles. The van der Waals surface area contributed by atoms with Gasteiger partial charge in [0, 0.05) is 6.42 Å². The summed E-state index contributed by atoms with van der Waals surface area (Å²) in [7, 11) is 0. The number of allylic oxidation sites excluding steroid dienone is 1. The largest absolute Gasteiger partial charge is 0.120 e. The molecule has 0 rings (SSSR count). The first-order valence-electron chi connectivity index (χ1n) is 2.77. The van der Waals surface area contributed by atoms with Crippen LogP contribution in [-0.2, 0) is 0 Å². The Bertz CT molecular complexity index is 114. The molecule has 44 valence electrons. The lowest BCUT2D eigenvalue weighted by Gasteiger charge is -2.03. The van der Waals surface area contributed by atoms with Crippen LogP contribution in [0.4, 0.5) is 0 Å². The van der Waals surface area contributed by atoms with Crippen molar-refractivity contribution in [3.05, 3.63) is 12.2 Å². The van der Waals surface area contributed by atoms with Crippen molar-refractivity contribution in [2.45, 2.75) is 20.3 Å². The van der Waals surface area contributed by atoms with Crippen LogP contribution >= 0.6 is 0 Å². The summed E-state index contributed by atoms with van der Waals surface area (Å²) in [6.07, 6.45) is 5.89. The number of hydrogen-bond acceptors (Lipinski definition) is 0. The van der Waals surface area contributed by atoms with E-state index in [4.69, 9.17) is 6.42 Å². The Balaban J connectivity index is 3.52. The molecule has 0 bridgehead atoms. The van der Waals surface area contributed by atoms with Crippen LogP contribution in [0.15, 0.2) is 12.2 Å². The molecule has 0 spiro atoms. The van der Waals surface area contributed by atoms with Gasteiger partial charge in [-0.05, 0) is 12.8 Å². The van der Waals surface area contributed by atoms with E-state index in [1.54, 1.807) is 0 Å². The molecule has 0 saturated carbocycles. The summed E-state index contributed by atoms with van der Waals surface area (Å²) < 4.78 is 0. The first-order valence-corrected chi connectivity index (χ1v) is 2.77. The van der Waals surface area contributed by atoms with E-state index in [9.17, 15) is 0 Å². The molecule has 0 N–H and O–H groups in total. The zero-order valence-electron chi connectivity index (χ0n) is 5.57. The molecule has 0 heteroatoms. The molecule has 1 atom stereocenters. The van der Waals surface area contributed by atoms with Crippen LogP contribution in [0.1, 0.15) is 20.3 Å². The van der Waals surface area contributed by atoms with Gasteiger partial charge in [-0.3, -0.25) is 0 Å². The molecule has 0 aliphatic rings. The lowest BCUT2D eigenvalue weighted by atomic mass is 10.0. The summed E-state index contributed by atoms with van der Waals surface area (Å²) in [5, 5.41) is 0. The van der Waals surface area contributed by atoms with E-state index in [2.05, 4.69) is 19.4 Å². The van der Waals surface area contributed by atoms with E-state index in [1.165, 1.54) is 5.57 Å². The van der Waals surface area contributed by atoms with Crippen molar-refractivity contribution >= 4 is 0 Å². The van der Waals surface area contributed by atoms with Crippen LogP contribution in [0.25, 0.3) is 0 Å². The quantitative estimate of drug-likeness (QED) is 0.376. The number of rotatable bonds is 2. The summed E-state index contributed by atoms with van der Waals surface area (Å²) in [5.41, 5.74) is 1.17. The fourth-order valence-corrected chi connectivity index (χ4v) is 0.351. The van der Waals surface area contributed by atoms with Crippen molar-refractivity contribution in [3.8, 4) is 12.3 Å². The van der Waals surface area contributed by atoms with E-state index in [0.29, 0.717) is 5.92 Å². The molecule has 0 amide bonds. The first kappa shape index (κ1) is 7.30. The fraction of sp³-hybridized carbons (Fsp3) is 0.500. The molecule has 0 aromatic rings. The minimum atomic E-state index is 0.486. The Morgan fingerprint density at radius 2 is 2.38 bits per heavy atom. The maximum absolute atomic E-state index is 5.08. The molecule has 0 radical (unpaired) electrons. The van der Waals surface area contributed by atoms with Crippen molar-refractivity contribution in [2.24, 2.45) is 5.92 Å². The predicted octanol–water partition coefficient (Wildman–Crippen LogP) is 2.22. The monoisotopic (exact) mass is 108 g/mol. The van der Waals surface area contributed by atoms with Crippen molar-refractivity contribution in [3.63, 3.8) is 0 Å². The highest BCUT2D eigenvalue weighted by atomic mass is 14.0. The van der Waals surface area contributed by atoms with Crippen LogP contribution in [-0.4, -0.2) is 0 Å². The van der Waals surface area contributed by atoms with Crippen molar-refractivity contribution in [1.82, 2.24) is 0 Å². The topological polar surface area (TPSA) is 0 Å². The van der Waals surface area contributed by atoms with Crippen LogP contribution in [0.2, 0.25) is 0 Å². The summed E-state index contributed by atoms with van der Waals surface area (Å²) in [4.78, 5) is 0. The minimum absolute atomic E-state index is 0.486. The zero-order valence-corrected chi connectivity index (χ0v) is 5.57.